The van der Waals surface area contributed by atoms with Gasteiger partial charge in [0.2, 0.25) is 0 Å². The van der Waals surface area contributed by atoms with Crippen molar-refractivity contribution in [2.75, 3.05) is 0 Å². The molecule has 0 amide bonds. The second-order valence-corrected chi connectivity index (χ2v) is 6.10. The van der Waals surface area contributed by atoms with E-state index in [9.17, 15) is 0 Å². The van der Waals surface area contributed by atoms with Crippen LogP contribution in [0.5, 0.6) is 0 Å². The Morgan fingerprint density at radius 1 is 0.909 bits per heavy atom. The predicted octanol–water partition coefficient (Wildman–Crippen LogP) is 4.14. The van der Waals surface area contributed by atoms with Crippen molar-refractivity contribution in [1.29, 1.82) is 0 Å². The Kier molecular flexibility index (Phi) is 3.25. The molecule has 0 saturated heterocycles. The summed E-state index contributed by atoms with van der Waals surface area (Å²) in [6, 6.07) is 22.2. The molecule has 4 aromatic rings. The highest BCUT2D eigenvalue weighted by molar-refractivity contribution is 7.10. The van der Waals surface area contributed by atoms with Crippen molar-refractivity contribution in [2.24, 2.45) is 5.73 Å². The van der Waals surface area contributed by atoms with Crippen molar-refractivity contribution in [3.8, 4) is 5.69 Å². The van der Waals surface area contributed by atoms with Gasteiger partial charge >= 0.3 is 0 Å². The highest BCUT2D eigenvalue weighted by Crippen LogP contribution is 2.29. The topological polar surface area (TPSA) is 43.8 Å². The van der Waals surface area contributed by atoms with Crippen molar-refractivity contribution >= 4 is 22.4 Å². The van der Waals surface area contributed by atoms with Gasteiger partial charge in [-0.3, -0.25) is 4.57 Å². The molecule has 2 aromatic carbocycles. The second kappa shape index (κ2) is 5.40. The van der Waals surface area contributed by atoms with Crippen LogP contribution in [0.25, 0.3) is 16.7 Å². The van der Waals surface area contributed by atoms with E-state index in [4.69, 9.17) is 10.7 Å². The minimum Gasteiger partial charge on any atom is -0.317 e. The summed E-state index contributed by atoms with van der Waals surface area (Å²) in [5, 5.41) is 2.05. The molecule has 0 aliphatic rings. The summed E-state index contributed by atoms with van der Waals surface area (Å²) in [6.45, 7) is 0. The third-order valence-electron chi connectivity index (χ3n) is 3.73. The fourth-order valence-electron chi connectivity index (χ4n) is 2.70. The van der Waals surface area contributed by atoms with Crippen molar-refractivity contribution in [3.63, 3.8) is 0 Å². The monoisotopic (exact) mass is 305 g/mol. The van der Waals surface area contributed by atoms with E-state index in [1.165, 1.54) is 0 Å². The van der Waals surface area contributed by atoms with E-state index in [2.05, 4.69) is 28.8 Å². The predicted molar refractivity (Wildman–Crippen MR) is 91.4 cm³/mol. The molecule has 0 spiro atoms. The maximum Gasteiger partial charge on any atom is 0.136 e. The van der Waals surface area contributed by atoms with Crippen LogP contribution in [-0.4, -0.2) is 9.55 Å². The smallest absolute Gasteiger partial charge is 0.136 e. The van der Waals surface area contributed by atoms with Gasteiger partial charge in [-0.1, -0.05) is 36.4 Å². The molecule has 2 heterocycles. The van der Waals surface area contributed by atoms with Crippen LogP contribution in [0.3, 0.4) is 0 Å². The maximum atomic E-state index is 6.49. The number of imidazole rings is 1. The van der Waals surface area contributed by atoms with Gasteiger partial charge in [0.05, 0.1) is 17.1 Å². The molecule has 3 nitrogen and oxygen atoms in total. The molecule has 0 saturated carbocycles. The number of hydrogen-bond acceptors (Lipinski definition) is 3. The van der Waals surface area contributed by atoms with Gasteiger partial charge in [0.25, 0.3) is 0 Å². The van der Waals surface area contributed by atoms with Crippen LogP contribution in [0.15, 0.2) is 72.1 Å². The lowest BCUT2D eigenvalue weighted by Gasteiger charge is -2.13. The first-order valence-electron chi connectivity index (χ1n) is 7.16. The van der Waals surface area contributed by atoms with Gasteiger partial charge in [0.1, 0.15) is 5.82 Å². The standard InChI is InChI=1S/C18H15N3S/c19-17(16-11-6-12-22-16)18-20-14-9-4-5-10-15(14)21(18)13-7-2-1-3-8-13/h1-12,17H,19H2. The van der Waals surface area contributed by atoms with Crippen molar-refractivity contribution < 1.29 is 0 Å². The molecule has 0 fully saturated rings. The number of aromatic nitrogens is 2. The quantitative estimate of drug-likeness (QED) is 0.618. The third-order valence-corrected chi connectivity index (χ3v) is 4.68. The number of hydrogen-bond donors (Lipinski definition) is 1. The van der Waals surface area contributed by atoms with E-state index in [0.29, 0.717) is 0 Å². The first kappa shape index (κ1) is 13.2. The normalized spacial score (nSPS) is 12.6. The maximum absolute atomic E-state index is 6.49. The largest absolute Gasteiger partial charge is 0.317 e. The summed E-state index contributed by atoms with van der Waals surface area (Å²) >= 11 is 1.66. The molecule has 0 aliphatic heterocycles. The lowest BCUT2D eigenvalue weighted by Crippen LogP contribution is -2.16. The molecule has 4 rings (SSSR count). The fourth-order valence-corrected chi connectivity index (χ4v) is 3.42. The second-order valence-electron chi connectivity index (χ2n) is 5.12. The number of nitrogens with two attached hydrogens (primary N) is 1. The van der Waals surface area contributed by atoms with Crippen LogP contribution in [0.1, 0.15) is 16.7 Å². The SMILES string of the molecule is NC(c1cccs1)c1nc2ccccc2n1-c1ccccc1. The molecule has 2 aromatic heterocycles. The van der Waals surface area contributed by atoms with E-state index in [-0.39, 0.29) is 6.04 Å². The molecule has 1 atom stereocenters. The van der Waals surface area contributed by atoms with Gasteiger partial charge in [-0.15, -0.1) is 11.3 Å². The van der Waals surface area contributed by atoms with Crippen LogP contribution in [0.4, 0.5) is 0 Å². The van der Waals surface area contributed by atoms with Crippen LogP contribution in [-0.2, 0) is 0 Å². The van der Waals surface area contributed by atoms with E-state index in [1.54, 1.807) is 11.3 Å². The van der Waals surface area contributed by atoms with Crippen LogP contribution in [0.2, 0.25) is 0 Å². The van der Waals surface area contributed by atoms with Gasteiger partial charge in [-0.05, 0) is 35.7 Å². The van der Waals surface area contributed by atoms with Crippen molar-refractivity contribution in [3.05, 3.63) is 82.8 Å². The number of fused-ring (bicyclic) bond motifs is 1. The Hall–Kier alpha value is -2.43. The number of thiophene rings is 1. The molecule has 4 heteroatoms. The first-order chi connectivity index (χ1) is 10.8. The average Bonchev–Trinajstić information content (AvgIpc) is 3.22. The van der Waals surface area contributed by atoms with Gasteiger partial charge in [-0.25, -0.2) is 4.98 Å². The minimum atomic E-state index is -0.229. The van der Waals surface area contributed by atoms with Gasteiger partial charge < -0.3 is 5.73 Å². The van der Waals surface area contributed by atoms with Gasteiger partial charge in [-0.2, -0.15) is 0 Å². The Morgan fingerprint density at radius 2 is 1.68 bits per heavy atom. The summed E-state index contributed by atoms with van der Waals surface area (Å²) in [5.74, 6) is 0.870. The molecule has 2 N–H and O–H groups in total. The van der Waals surface area contributed by atoms with E-state index >= 15 is 0 Å². The molecule has 22 heavy (non-hydrogen) atoms. The van der Waals surface area contributed by atoms with Crippen LogP contribution in [0, 0.1) is 0 Å². The average molecular weight is 305 g/mol. The first-order valence-corrected chi connectivity index (χ1v) is 8.04. The summed E-state index contributed by atoms with van der Waals surface area (Å²) in [5.41, 5.74) is 9.62. The molecule has 0 aliphatic carbocycles. The molecular formula is C18H15N3S. The highest BCUT2D eigenvalue weighted by atomic mass is 32.1. The van der Waals surface area contributed by atoms with Crippen molar-refractivity contribution in [1.82, 2.24) is 9.55 Å². The molecule has 108 valence electrons. The van der Waals surface area contributed by atoms with Crippen LogP contribution >= 0.6 is 11.3 Å². The Labute approximate surface area is 132 Å². The van der Waals surface area contributed by atoms with Gasteiger partial charge in [0, 0.05) is 10.6 Å². The van der Waals surface area contributed by atoms with E-state index < -0.39 is 0 Å². The summed E-state index contributed by atoms with van der Waals surface area (Å²) in [4.78, 5) is 5.91. The Bertz CT molecular complexity index is 895. The number of rotatable bonds is 3. The zero-order valence-electron chi connectivity index (χ0n) is 11.9. The Morgan fingerprint density at radius 3 is 2.45 bits per heavy atom. The molecular weight excluding hydrogens is 290 g/mol. The molecule has 0 radical (unpaired) electrons. The van der Waals surface area contributed by atoms with Crippen LogP contribution < -0.4 is 5.73 Å². The molecule has 1 unspecified atom stereocenters. The Balaban J connectivity index is 1.98. The zero-order valence-corrected chi connectivity index (χ0v) is 12.7. The van der Waals surface area contributed by atoms with E-state index in [0.717, 1.165) is 27.4 Å². The van der Waals surface area contributed by atoms with Crippen molar-refractivity contribution in [2.45, 2.75) is 6.04 Å². The minimum absolute atomic E-state index is 0.229. The zero-order chi connectivity index (χ0) is 14.9. The van der Waals surface area contributed by atoms with Gasteiger partial charge in [0.15, 0.2) is 0 Å². The molecule has 0 bridgehead atoms. The lowest BCUT2D eigenvalue weighted by molar-refractivity contribution is 0.779. The number of benzene rings is 2. The fraction of sp³-hybridized carbons (Fsp3) is 0.0556. The summed E-state index contributed by atoms with van der Waals surface area (Å²) in [7, 11) is 0. The number of nitrogens with zero attached hydrogens (tertiary/aromatic N) is 2. The summed E-state index contributed by atoms with van der Waals surface area (Å²) < 4.78 is 2.15. The van der Waals surface area contributed by atoms with E-state index in [1.807, 2.05) is 47.8 Å². The lowest BCUT2D eigenvalue weighted by atomic mass is 10.2. The summed E-state index contributed by atoms with van der Waals surface area (Å²) in [6.07, 6.45) is 0. The number of para-hydroxylation sites is 3. The third kappa shape index (κ3) is 2.13. The highest BCUT2D eigenvalue weighted by Gasteiger charge is 2.20.